The van der Waals surface area contributed by atoms with E-state index < -0.39 is 0 Å². The lowest BCUT2D eigenvalue weighted by atomic mass is 9.92. The Bertz CT molecular complexity index is 314. The maximum Gasteiger partial charge on any atom is 0.0513 e. The van der Waals surface area contributed by atoms with Gasteiger partial charge in [0.25, 0.3) is 0 Å². The first-order valence-corrected chi connectivity index (χ1v) is 6.19. The molecule has 0 radical (unpaired) electrons. The molecule has 1 fully saturated rings. The molecular weight excluding hydrogens is 198 g/mol. The zero-order valence-electron chi connectivity index (χ0n) is 10.2. The molecule has 1 aliphatic rings. The molecule has 1 aromatic rings. The quantitative estimate of drug-likeness (QED) is 0.840. The normalized spacial score (nSPS) is 22.2. The van der Waals surface area contributed by atoms with E-state index in [9.17, 15) is 0 Å². The van der Waals surface area contributed by atoms with Crippen molar-refractivity contribution >= 4 is 0 Å². The van der Waals surface area contributed by atoms with Crippen LogP contribution in [0.5, 0.6) is 0 Å². The van der Waals surface area contributed by atoms with Gasteiger partial charge in [-0.3, -0.25) is 0 Å². The number of benzene rings is 1. The molecule has 2 rings (SSSR count). The van der Waals surface area contributed by atoms with Gasteiger partial charge in [0.05, 0.1) is 6.61 Å². The predicted octanol–water partition coefficient (Wildman–Crippen LogP) is 2.68. The summed E-state index contributed by atoms with van der Waals surface area (Å²) in [6, 6.07) is 9.31. The van der Waals surface area contributed by atoms with E-state index in [1.165, 1.54) is 17.5 Å². The van der Waals surface area contributed by atoms with Crippen LogP contribution in [0.4, 0.5) is 0 Å². The van der Waals surface area contributed by atoms with Crippen LogP contribution in [0.1, 0.15) is 30.5 Å². The fraction of sp³-hybridized carbons (Fsp3) is 0.571. The zero-order valence-corrected chi connectivity index (χ0v) is 10.2. The van der Waals surface area contributed by atoms with Crippen LogP contribution >= 0.6 is 0 Å². The summed E-state index contributed by atoms with van der Waals surface area (Å²) in [7, 11) is 0. The Labute approximate surface area is 98.0 Å². The predicted molar refractivity (Wildman–Crippen MR) is 66.5 cm³/mol. The second-order valence-corrected chi connectivity index (χ2v) is 4.57. The lowest BCUT2D eigenvalue weighted by Gasteiger charge is -2.23. The molecule has 0 saturated carbocycles. The lowest BCUT2D eigenvalue weighted by molar-refractivity contribution is 0.177. The first-order valence-electron chi connectivity index (χ1n) is 6.19. The van der Waals surface area contributed by atoms with Crippen LogP contribution in [0.2, 0.25) is 0 Å². The van der Waals surface area contributed by atoms with Crippen LogP contribution in [0.25, 0.3) is 0 Å². The summed E-state index contributed by atoms with van der Waals surface area (Å²) in [4.78, 5) is 0. The van der Waals surface area contributed by atoms with Crippen molar-refractivity contribution in [2.24, 2.45) is 5.92 Å². The summed E-state index contributed by atoms with van der Waals surface area (Å²) in [5.41, 5.74) is 2.71. The van der Waals surface area contributed by atoms with Crippen LogP contribution in [0.3, 0.4) is 0 Å². The third kappa shape index (κ3) is 2.63. The molecule has 0 bridgehead atoms. The van der Waals surface area contributed by atoms with E-state index in [0.29, 0.717) is 12.0 Å². The van der Waals surface area contributed by atoms with Crippen LogP contribution in [0.15, 0.2) is 24.3 Å². The maximum atomic E-state index is 5.49. The Morgan fingerprint density at radius 3 is 2.69 bits per heavy atom. The number of aryl methyl sites for hydroxylation is 1. The van der Waals surface area contributed by atoms with E-state index in [0.717, 1.165) is 19.8 Å². The van der Waals surface area contributed by atoms with Gasteiger partial charge in [0.15, 0.2) is 0 Å². The second-order valence-electron chi connectivity index (χ2n) is 4.57. The molecule has 2 heteroatoms. The number of rotatable bonds is 4. The highest BCUT2D eigenvalue weighted by Gasteiger charge is 2.26. The molecule has 1 N–H and O–H groups in total. The summed E-state index contributed by atoms with van der Waals surface area (Å²) in [5, 5.41) is 3.58. The minimum absolute atomic E-state index is 0.452. The van der Waals surface area contributed by atoms with Gasteiger partial charge in [-0.25, -0.2) is 0 Å². The Balaban J connectivity index is 2.14. The number of hydrogen-bond donors (Lipinski definition) is 1. The minimum Gasteiger partial charge on any atom is -0.381 e. The third-order valence-corrected chi connectivity index (χ3v) is 3.30. The van der Waals surface area contributed by atoms with Gasteiger partial charge >= 0.3 is 0 Å². The van der Waals surface area contributed by atoms with Gasteiger partial charge in [-0.15, -0.1) is 0 Å². The van der Waals surface area contributed by atoms with Gasteiger partial charge < -0.3 is 10.1 Å². The highest BCUT2D eigenvalue weighted by atomic mass is 16.5. The molecule has 2 atom stereocenters. The fourth-order valence-electron chi connectivity index (χ4n) is 2.37. The zero-order chi connectivity index (χ0) is 11.4. The Hall–Kier alpha value is -0.860. The highest BCUT2D eigenvalue weighted by Crippen LogP contribution is 2.28. The minimum atomic E-state index is 0.452. The Morgan fingerprint density at radius 2 is 2.12 bits per heavy atom. The van der Waals surface area contributed by atoms with Crippen molar-refractivity contribution in [2.45, 2.75) is 26.3 Å². The summed E-state index contributed by atoms with van der Waals surface area (Å²) >= 11 is 0. The summed E-state index contributed by atoms with van der Waals surface area (Å²) in [6.07, 6.45) is 1.17. The number of nitrogens with one attached hydrogen (secondary N) is 1. The molecule has 0 aliphatic carbocycles. The van der Waals surface area contributed by atoms with Crippen molar-refractivity contribution in [1.29, 1.82) is 0 Å². The maximum absolute atomic E-state index is 5.49. The number of ether oxygens (including phenoxy) is 1. The first-order chi connectivity index (χ1) is 7.81. The van der Waals surface area contributed by atoms with E-state index in [2.05, 4.69) is 43.4 Å². The van der Waals surface area contributed by atoms with Crippen LogP contribution in [-0.4, -0.2) is 19.8 Å². The molecule has 2 nitrogen and oxygen atoms in total. The summed E-state index contributed by atoms with van der Waals surface area (Å²) in [6.45, 7) is 7.11. The molecule has 0 spiro atoms. The van der Waals surface area contributed by atoms with Gasteiger partial charge in [0.2, 0.25) is 0 Å². The Kier molecular flexibility index (Phi) is 3.97. The van der Waals surface area contributed by atoms with E-state index in [4.69, 9.17) is 4.74 Å². The molecule has 2 unspecified atom stereocenters. The van der Waals surface area contributed by atoms with Gasteiger partial charge in [0, 0.05) is 18.6 Å². The van der Waals surface area contributed by atoms with Crippen molar-refractivity contribution in [1.82, 2.24) is 5.32 Å². The van der Waals surface area contributed by atoms with Crippen molar-refractivity contribution < 1.29 is 4.74 Å². The molecule has 0 amide bonds. The summed E-state index contributed by atoms with van der Waals surface area (Å²) in [5.74, 6) is 0.627. The largest absolute Gasteiger partial charge is 0.381 e. The van der Waals surface area contributed by atoms with E-state index >= 15 is 0 Å². The van der Waals surface area contributed by atoms with Gasteiger partial charge in [-0.1, -0.05) is 36.8 Å². The van der Waals surface area contributed by atoms with E-state index in [1.54, 1.807) is 0 Å². The average Bonchev–Trinajstić information content (AvgIpc) is 2.81. The monoisotopic (exact) mass is 219 g/mol. The van der Waals surface area contributed by atoms with Gasteiger partial charge in [0.1, 0.15) is 0 Å². The molecule has 1 aromatic carbocycles. The van der Waals surface area contributed by atoms with Crippen molar-refractivity contribution in [2.75, 3.05) is 19.8 Å². The second kappa shape index (κ2) is 5.46. The molecule has 1 aliphatic heterocycles. The standard InChI is InChI=1S/C14H21NO/c1-3-15-14(13-8-9-16-10-13)12-6-4-11(2)5-7-12/h4-7,13-15H,3,8-10H2,1-2H3. The van der Waals surface area contributed by atoms with Crippen molar-refractivity contribution in [3.8, 4) is 0 Å². The molecule has 16 heavy (non-hydrogen) atoms. The molecule has 88 valence electrons. The van der Waals surface area contributed by atoms with Crippen molar-refractivity contribution in [3.63, 3.8) is 0 Å². The molecular formula is C14H21NO. The first kappa shape index (κ1) is 11.6. The molecule has 1 heterocycles. The highest BCUT2D eigenvalue weighted by molar-refractivity contribution is 5.24. The van der Waals surface area contributed by atoms with Crippen molar-refractivity contribution in [3.05, 3.63) is 35.4 Å². The van der Waals surface area contributed by atoms with E-state index in [-0.39, 0.29) is 0 Å². The van der Waals surface area contributed by atoms with Crippen LogP contribution in [-0.2, 0) is 4.74 Å². The average molecular weight is 219 g/mol. The lowest BCUT2D eigenvalue weighted by Crippen LogP contribution is -2.28. The SMILES string of the molecule is CCNC(c1ccc(C)cc1)C1CCOC1. The molecule has 1 saturated heterocycles. The Morgan fingerprint density at radius 1 is 1.38 bits per heavy atom. The van der Waals surface area contributed by atoms with Crippen LogP contribution in [0, 0.1) is 12.8 Å². The smallest absolute Gasteiger partial charge is 0.0513 e. The summed E-state index contributed by atoms with van der Waals surface area (Å²) < 4.78 is 5.49. The topological polar surface area (TPSA) is 21.3 Å². The van der Waals surface area contributed by atoms with Crippen LogP contribution < -0.4 is 5.32 Å². The third-order valence-electron chi connectivity index (χ3n) is 3.30. The van der Waals surface area contributed by atoms with Gasteiger partial charge in [-0.05, 0) is 25.5 Å². The van der Waals surface area contributed by atoms with Gasteiger partial charge in [-0.2, -0.15) is 0 Å². The number of hydrogen-bond acceptors (Lipinski definition) is 2. The van der Waals surface area contributed by atoms with E-state index in [1.807, 2.05) is 0 Å². The molecule has 0 aromatic heterocycles. The fourth-order valence-corrected chi connectivity index (χ4v) is 2.37.